The number of aliphatic carboxylic acids is 1. The number of hydrogen-bond acceptors (Lipinski definition) is 2. The Balaban J connectivity index is 0.00000121. The normalized spacial score (nSPS) is 11.4. The summed E-state index contributed by atoms with van der Waals surface area (Å²) >= 11 is 5.48. The van der Waals surface area contributed by atoms with Crippen molar-refractivity contribution in [1.82, 2.24) is 0 Å². The molecule has 0 amide bonds. The molecule has 0 saturated heterocycles. The van der Waals surface area contributed by atoms with Gasteiger partial charge in [0.2, 0.25) is 0 Å². The standard InChI is InChI=1S/C8H7ClO2.Na/c9-7(8(10)11)6-4-2-1-3-5-6;/h1-5,7H,(H,10,11);/q;+1/p-1. The summed E-state index contributed by atoms with van der Waals surface area (Å²) < 4.78 is 0. The molecule has 0 spiro atoms. The second-order valence-electron chi connectivity index (χ2n) is 2.09. The Morgan fingerprint density at radius 3 is 2.25 bits per heavy atom. The quantitative estimate of drug-likeness (QED) is 0.391. The van der Waals surface area contributed by atoms with Gasteiger partial charge in [-0.3, -0.25) is 0 Å². The Labute approximate surface area is 97.8 Å². The Hall–Kier alpha value is -0.0200. The van der Waals surface area contributed by atoms with Gasteiger partial charge < -0.3 is 9.90 Å². The Morgan fingerprint density at radius 2 is 1.83 bits per heavy atom. The van der Waals surface area contributed by atoms with Crippen LogP contribution in [0.2, 0.25) is 0 Å². The fourth-order valence-electron chi connectivity index (χ4n) is 0.758. The smallest absolute Gasteiger partial charge is 0.548 e. The van der Waals surface area contributed by atoms with Gasteiger partial charge in [-0.2, -0.15) is 0 Å². The molecule has 4 heteroatoms. The van der Waals surface area contributed by atoms with Crippen molar-refractivity contribution < 1.29 is 39.5 Å². The average molecular weight is 193 g/mol. The molecule has 0 saturated carbocycles. The van der Waals surface area contributed by atoms with Crippen LogP contribution >= 0.6 is 11.6 Å². The molecule has 0 aliphatic rings. The second kappa shape index (κ2) is 5.60. The van der Waals surface area contributed by atoms with Crippen LogP contribution in [0.4, 0.5) is 0 Å². The van der Waals surface area contributed by atoms with Crippen molar-refractivity contribution in [3.8, 4) is 0 Å². The van der Waals surface area contributed by atoms with Gasteiger partial charge in [0.25, 0.3) is 0 Å². The van der Waals surface area contributed by atoms with Gasteiger partial charge in [-0.25, -0.2) is 0 Å². The maximum absolute atomic E-state index is 10.3. The predicted octanol–water partition coefficient (Wildman–Crippen LogP) is -2.28. The van der Waals surface area contributed by atoms with Crippen LogP contribution in [-0.4, -0.2) is 5.97 Å². The molecular formula is C8H6ClNaO2. The second-order valence-corrected chi connectivity index (χ2v) is 2.53. The van der Waals surface area contributed by atoms with Crippen molar-refractivity contribution in [3.63, 3.8) is 0 Å². The molecule has 1 rings (SSSR count). The van der Waals surface area contributed by atoms with Crippen LogP contribution in [0.15, 0.2) is 30.3 Å². The third kappa shape index (κ3) is 3.15. The van der Waals surface area contributed by atoms with Gasteiger partial charge in [-0.05, 0) is 5.56 Å². The van der Waals surface area contributed by atoms with E-state index < -0.39 is 11.3 Å². The fraction of sp³-hybridized carbons (Fsp3) is 0.125. The average Bonchev–Trinajstić information content (AvgIpc) is 2.05. The SMILES string of the molecule is O=C([O-])C(Cl)c1ccccc1.[Na+]. The molecule has 0 aliphatic heterocycles. The molecule has 1 aromatic rings. The minimum Gasteiger partial charge on any atom is -0.548 e. The topological polar surface area (TPSA) is 40.1 Å². The van der Waals surface area contributed by atoms with Crippen molar-refractivity contribution in [2.24, 2.45) is 0 Å². The summed E-state index contributed by atoms with van der Waals surface area (Å²) in [5.41, 5.74) is 0.550. The molecule has 0 heterocycles. The Morgan fingerprint density at radius 1 is 1.33 bits per heavy atom. The third-order valence-corrected chi connectivity index (χ3v) is 1.73. The van der Waals surface area contributed by atoms with Crippen LogP contribution in [0, 0.1) is 0 Å². The first-order chi connectivity index (χ1) is 5.22. The van der Waals surface area contributed by atoms with Crippen LogP contribution < -0.4 is 34.7 Å². The summed E-state index contributed by atoms with van der Waals surface area (Å²) in [6.45, 7) is 0. The van der Waals surface area contributed by atoms with E-state index >= 15 is 0 Å². The maximum Gasteiger partial charge on any atom is 1.00 e. The molecule has 0 radical (unpaired) electrons. The summed E-state index contributed by atoms with van der Waals surface area (Å²) in [5, 5.41) is 9.21. The van der Waals surface area contributed by atoms with Crippen molar-refractivity contribution >= 4 is 17.6 Å². The third-order valence-electron chi connectivity index (χ3n) is 1.30. The van der Waals surface area contributed by atoms with Crippen LogP contribution in [0.25, 0.3) is 0 Å². The number of halogens is 1. The van der Waals surface area contributed by atoms with Gasteiger partial charge in [0.05, 0.1) is 11.3 Å². The first kappa shape index (κ1) is 12.0. The molecule has 0 aromatic heterocycles. The van der Waals surface area contributed by atoms with E-state index in [9.17, 15) is 9.90 Å². The van der Waals surface area contributed by atoms with Crippen molar-refractivity contribution in [2.75, 3.05) is 0 Å². The van der Waals surface area contributed by atoms with Crippen LogP contribution in [0.3, 0.4) is 0 Å². The number of carbonyl (C=O) groups is 1. The van der Waals surface area contributed by atoms with E-state index in [4.69, 9.17) is 11.6 Å². The first-order valence-corrected chi connectivity index (χ1v) is 3.55. The van der Waals surface area contributed by atoms with E-state index in [0.29, 0.717) is 5.56 Å². The van der Waals surface area contributed by atoms with Crippen LogP contribution in [0.5, 0.6) is 0 Å². The maximum atomic E-state index is 10.3. The molecule has 58 valence electrons. The molecule has 1 aromatic carbocycles. The van der Waals surface area contributed by atoms with E-state index in [2.05, 4.69) is 0 Å². The minimum absolute atomic E-state index is 0. The van der Waals surface area contributed by atoms with Crippen molar-refractivity contribution in [3.05, 3.63) is 35.9 Å². The summed E-state index contributed by atoms with van der Waals surface area (Å²) in [6.07, 6.45) is 0. The van der Waals surface area contributed by atoms with Gasteiger partial charge in [-0.15, -0.1) is 11.6 Å². The zero-order valence-corrected chi connectivity index (χ0v) is 9.41. The number of benzene rings is 1. The molecule has 0 bridgehead atoms. The zero-order chi connectivity index (χ0) is 8.27. The zero-order valence-electron chi connectivity index (χ0n) is 6.66. The monoisotopic (exact) mass is 192 g/mol. The molecule has 0 N–H and O–H groups in total. The van der Waals surface area contributed by atoms with Gasteiger partial charge in [-0.1, -0.05) is 30.3 Å². The fourth-order valence-corrected chi connectivity index (χ4v) is 0.904. The molecule has 1 atom stereocenters. The molecule has 1 unspecified atom stereocenters. The van der Waals surface area contributed by atoms with Gasteiger partial charge in [0.15, 0.2) is 0 Å². The number of alkyl halides is 1. The number of carboxylic acid groups (broad SMARTS) is 1. The molecule has 2 nitrogen and oxygen atoms in total. The Kier molecular flexibility index (Phi) is 5.59. The van der Waals surface area contributed by atoms with E-state index in [-0.39, 0.29) is 29.6 Å². The van der Waals surface area contributed by atoms with Crippen molar-refractivity contribution in [1.29, 1.82) is 0 Å². The minimum atomic E-state index is -1.27. The molecular weight excluding hydrogens is 187 g/mol. The Bertz CT molecular complexity index is 250. The largest absolute Gasteiger partial charge is 1.00 e. The van der Waals surface area contributed by atoms with Crippen LogP contribution in [0.1, 0.15) is 10.9 Å². The summed E-state index contributed by atoms with van der Waals surface area (Å²) in [7, 11) is 0. The van der Waals surface area contributed by atoms with E-state index in [1.54, 1.807) is 30.3 Å². The number of hydrogen-bond donors (Lipinski definition) is 0. The van der Waals surface area contributed by atoms with Gasteiger partial charge >= 0.3 is 29.6 Å². The molecule has 0 aliphatic carbocycles. The van der Waals surface area contributed by atoms with E-state index in [1.807, 2.05) is 0 Å². The van der Waals surface area contributed by atoms with E-state index in [1.165, 1.54) is 0 Å². The van der Waals surface area contributed by atoms with E-state index in [0.717, 1.165) is 0 Å². The molecule has 12 heavy (non-hydrogen) atoms. The summed E-state index contributed by atoms with van der Waals surface area (Å²) in [5.74, 6) is -1.27. The number of carbonyl (C=O) groups excluding carboxylic acids is 1. The number of carboxylic acids is 1. The van der Waals surface area contributed by atoms with Crippen molar-refractivity contribution in [2.45, 2.75) is 5.38 Å². The summed E-state index contributed by atoms with van der Waals surface area (Å²) in [4.78, 5) is 10.3. The molecule has 0 fully saturated rings. The predicted molar refractivity (Wildman–Crippen MR) is 40.0 cm³/mol. The first-order valence-electron chi connectivity index (χ1n) is 3.11. The van der Waals surface area contributed by atoms with Gasteiger partial charge in [0.1, 0.15) is 0 Å². The van der Waals surface area contributed by atoms with Gasteiger partial charge in [0, 0.05) is 0 Å². The number of rotatable bonds is 2. The summed E-state index contributed by atoms with van der Waals surface area (Å²) in [6, 6.07) is 8.55. The van der Waals surface area contributed by atoms with Crippen LogP contribution in [-0.2, 0) is 4.79 Å².